The third-order valence-electron chi connectivity index (χ3n) is 2.76. The molecule has 110 valence electrons. The molecule has 7 heteroatoms. The van der Waals surface area contributed by atoms with Crippen LogP contribution in [0.4, 0.5) is 5.69 Å². The van der Waals surface area contributed by atoms with E-state index in [4.69, 9.17) is 22.3 Å². The van der Waals surface area contributed by atoms with E-state index in [-0.39, 0.29) is 10.8 Å². The predicted octanol–water partition coefficient (Wildman–Crippen LogP) is 3.83. The van der Waals surface area contributed by atoms with Crippen molar-refractivity contribution < 1.29 is 13.2 Å². The Bertz CT molecular complexity index is 786. The topological polar surface area (TPSA) is 63.2 Å². The van der Waals surface area contributed by atoms with Gasteiger partial charge in [-0.05, 0) is 48.9 Å². The van der Waals surface area contributed by atoms with E-state index in [0.717, 1.165) is 5.56 Å². The lowest BCUT2D eigenvalue weighted by atomic mass is 10.1. The molecule has 0 saturated heterocycles. The van der Waals surface area contributed by atoms with E-state index in [2.05, 4.69) is 5.32 Å². The van der Waals surface area contributed by atoms with Crippen molar-refractivity contribution in [2.24, 2.45) is 0 Å². The number of benzene rings is 2. The fourth-order valence-corrected chi connectivity index (χ4v) is 2.79. The van der Waals surface area contributed by atoms with Crippen molar-refractivity contribution in [3.05, 3.63) is 58.6 Å². The maximum atomic E-state index is 12.1. The molecule has 0 heterocycles. The van der Waals surface area contributed by atoms with Gasteiger partial charge in [-0.1, -0.05) is 17.7 Å². The fraction of sp³-hybridized carbons (Fsp3) is 0.0714. The van der Waals surface area contributed by atoms with Gasteiger partial charge in [0.15, 0.2) is 0 Å². The molecule has 0 fully saturated rings. The molecule has 0 aromatic heterocycles. The van der Waals surface area contributed by atoms with Gasteiger partial charge in [0.05, 0.1) is 15.5 Å². The summed E-state index contributed by atoms with van der Waals surface area (Å²) < 4.78 is 22.3. The highest BCUT2D eigenvalue weighted by Crippen LogP contribution is 2.21. The summed E-state index contributed by atoms with van der Waals surface area (Å²) in [6.07, 6.45) is 0. The van der Waals surface area contributed by atoms with Gasteiger partial charge in [0.25, 0.3) is 15.0 Å². The van der Waals surface area contributed by atoms with E-state index in [1.165, 1.54) is 24.3 Å². The highest BCUT2D eigenvalue weighted by atomic mass is 35.7. The van der Waals surface area contributed by atoms with E-state index >= 15 is 0 Å². The second kappa shape index (κ2) is 6.05. The Morgan fingerprint density at radius 2 is 1.71 bits per heavy atom. The summed E-state index contributed by atoms with van der Waals surface area (Å²) in [7, 11) is 1.44. The van der Waals surface area contributed by atoms with Crippen LogP contribution in [0.25, 0.3) is 0 Å². The lowest BCUT2D eigenvalue weighted by molar-refractivity contribution is 0.102. The van der Waals surface area contributed by atoms with Crippen LogP contribution in [0.15, 0.2) is 47.4 Å². The normalized spacial score (nSPS) is 11.2. The molecule has 0 aliphatic rings. The average molecular weight is 344 g/mol. The van der Waals surface area contributed by atoms with Crippen LogP contribution in [0.1, 0.15) is 15.9 Å². The molecule has 0 aliphatic carbocycles. The number of carbonyl (C=O) groups is 1. The van der Waals surface area contributed by atoms with Gasteiger partial charge in [0.1, 0.15) is 0 Å². The Morgan fingerprint density at radius 1 is 1.10 bits per heavy atom. The highest BCUT2D eigenvalue weighted by molar-refractivity contribution is 8.13. The van der Waals surface area contributed by atoms with Gasteiger partial charge in [-0.15, -0.1) is 0 Å². The number of rotatable bonds is 3. The van der Waals surface area contributed by atoms with E-state index in [9.17, 15) is 13.2 Å². The van der Waals surface area contributed by atoms with Crippen molar-refractivity contribution in [2.45, 2.75) is 11.8 Å². The molecule has 1 N–H and O–H groups in total. The quantitative estimate of drug-likeness (QED) is 0.861. The summed E-state index contributed by atoms with van der Waals surface area (Å²) in [6, 6.07) is 10.6. The van der Waals surface area contributed by atoms with Crippen molar-refractivity contribution in [3.8, 4) is 0 Å². The molecule has 2 aromatic rings. The van der Waals surface area contributed by atoms with Crippen molar-refractivity contribution in [1.29, 1.82) is 0 Å². The molecule has 1 amide bonds. The molecule has 4 nitrogen and oxygen atoms in total. The first-order chi connectivity index (χ1) is 9.77. The fourth-order valence-electron chi connectivity index (χ4n) is 1.70. The van der Waals surface area contributed by atoms with Gasteiger partial charge in [-0.3, -0.25) is 4.79 Å². The summed E-state index contributed by atoms with van der Waals surface area (Å²) in [5, 5.41) is 2.99. The summed E-state index contributed by atoms with van der Waals surface area (Å²) in [5.41, 5.74) is 1.74. The van der Waals surface area contributed by atoms with Gasteiger partial charge in [0, 0.05) is 16.4 Å². The number of anilines is 1. The first-order valence-electron chi connectivity index (χ1n) is 5.89. The molecule has 2 rings (SSSR count). The monoisotopic (exact) mass is 343 g/mol. The summed E-state index contributed by atoms with van der Waals surface area (Å²) in [6.45, 7) is 1.87. The minimum absolute atomic E-state index is 0.0319. The van der Waals surface area contributed by atoms with Crippen LogP contribution in [0.5, 0.6) is 0 Å². The van der Waals surface area contributed by atoms with Crippen LogP contribution in [-0.2, 0) is 9.05 Å². The molecule has 0 radical (unpaired) electrons. The zero-order valence-corrected chi connectivity index (χ0v) is 13.3. The first kappa shape index (κ1) is 15.8. The predicted molar refractivity (Wildman–Crippen MR) is 83.6 cm³/mol. The highest BCUT2D eigenvalue weighted by Gasteiger charge is 2.12. The number of hydrogen-bond acceptors (Lipinski definition) is 3. The molecule has 2 aromatic carbocycles. The van der Waals surface area contributed by atoms with Crippen LogP contribution in [0, 0.1) is 6.92 Å². The Kier molecular flexibility index (Phi) is 4.56. The third kappa shape index (κ3) is 3.97. The maximum Gasteiger partial charge on any atom is 0.261 e. The van der Waals surface area contributed by atoms with E-state index in [1.807, 2.05) is 6.92 Å². The van der Waals surface area contributed by atoms with Crippen LogP contribution >= 0.6 is 22.3 Å². The maximum absolute atomic E-state index is 12.1. The minimum Gasteiger partial charge on any atom is -0.322 e. The number of nitrogens with one attached hydrogen (secondary N) is 1. The Balaban J connectivity index is 2.20. The second-order valence-electron chi connectivity index (χ2n) is 4.40. The van der Waals surface area contributed by atoms with Gasteiger partial charge in [0.2, 0.25) is 0 Å². The lowest BCUT2D eigenvalue weighted by Gasteiger charge is -2.07. The number of aryl methyl sites for hydroxylation is 1. The van der Waals surface area contributed by atoms with E-state index in [0.29, 0.717) is 16.3 Å². The van der Waals surface area contributed by atoms with Crippen LogP contribution in [0.3, 0.4) is 0 Å². The molecular formula is C14H11Cl2NO3S. The Hall–Kier alpha value is -1.56. The molecule has 0 bridgehead atoms. The number of hydrogen-bond donors (Lipinski definition) is 1. The van der Waals surface area contributed by atoms with Crippen molar-refractivity contribution in [1.82, 2.24) is 0 Å². The van der Waals surface area contributed by atoms with E-state index < -0.39 is 9.05 Å². The minimum atomic E-state index is -3.77. The number of halogens is 2. The number of carbonyl (C=O) groups excluding carboxylic acids is 1. The zero-order valence-electron chi connectivity index (χ0n) is 10.9. The van der Waals surface area contributed by atoms with Crippen molar-refractivity contribution >= 4 is 42.9 Å². The molecule has 0 spiro atoms. The standard InChI is InChI=1S/C14H11Cl2NO3S/c1-9-2-7-12(13(15)8-9)14(18)17-10-3-5-11(6-4-10)21(16,19)20/h2-8H,1H3,(H,17,18). The molecule has 0 saturated carbocycles. The third-order valence-corrected chi connectivity index (χ3v) is 4.45. The molecular weight excluding hydrogens is 333 g/mol. The van der Waals surface area contributed by atoms with Crippen molar-refractivity contribution in [3.63, 3.8) is 0 Å². The van der Waals surface area contributed by atoms with Gasteiger partial charge < -0.3 is 5.32 Å². The Morgan fingerprint density at radius 3 is 2.24 bits per heavy atom. The zero-order chi connectivity index (χ0) is 15.6. The summed E-state index contributed by atoms with van der Waals surface area (Å²) in [4.78, 5) is 12.1. The summed E-state index contributed by atoms with van der Waals surface area (Å²) >= 11 is 6.02. The Labute approximate surface area is 132 Å². The molecule has 0 aliphatic heterocycles. The van der Waals surface area contributed by atoms with Crippen LogP contribution < -0.4 is 5.32 Å². The average Bonchev–Trinajstić information content (AvgIpc) is 2.38. The molecule has 0 atom stereocenters. The van der Waals surface area contributed by atoms with Crippen molar-refractivity contribution in [2.75, 3.05) is 5.32 Å². The van der Waals surface area contributed by atoms with E-state index in [1.54, 1.807) is 18.2 Å². The lowest BCUT2D eigenvalue weighted by Crippen LogP contribution is -2.12. The SMILES string of the molecule is Cc1ccc(C(=O)Nc2ccc(S(=O)(=O)Cl)cc2)c(Cl)c1. The first-order valence-corrected chi connectivity index (χ1v) is 8.58. The second-order valence-corrected chi connectivity index (χ2v) is 7.37. The number of amides is 1. The van der Waals surface area contributed by atoms with Gasteiger partial charge >= 0.3 is 0 Å². The van der Waals surface area contributed by atoms with Crippen LogP contribution in [0.2, 0.25) is 5.02 Å². The molecule has 0 unspecified atom stereocenters. The van der Waals surface area contributed by atoms with Crippen LogP contribution in [-0.4, -0.2) is 14.3 Å². The smallest absolute Gasteiger partial charge is 0.261 e. The summed E-state index contributed by atoms with van der Waals surface area (Å²) in [5.74, 6) is -0.374. The van der Waals surface area contributed by atoms with Gasteiger partial charge in [-0.2, -0.15) is 0 Å². The largest absolute Gasteiger partial charge is 0.322 e. The molecule has 21 heavy (non-hydrogen) atoms. The van der Waals surface area contributed by atoms with Gasteiger partial charge in [-0.25, -0.2) is 8.42 Å².